The summed E-state index contributed by atoms with van der Waals surface area (Å²) in [6.07, 6.45) is 1.12. The van der Waals surface area contributed by atoms with E-state index >= 15 is 0 Å². The van der Waals surface area contributed by atoms with Crippen molar-refractivity contribution < 1.29 is 37.0 Å². The molecule has 0 saturated carbocycles. The summed E-state index contributed by atoms with van der Waals surface area (Å²) < 4.78 is 49.4. The predicted octanol–water partition coefficient (Wildman–Crippen LogP) is 2.05. The monoisotopic (exact) mass is 314 g/mol. The Balaban J connectivity index is 2.51. The van der Waals surface area contributed by atoms with Gasteiger partial charge in [0.25, 0.3) is 0 Å². The number of halogens is 3. The van der Waals surface area contributed by atoms with Crippen LogP contribution in [0.3, 0.4) is 0 Å². The average molecular weight is 314 g/mol. The van der Waals surface area contributed by atoms with Crippen LogP contribution in [-0.4, -0.2) is 23.5 Å². The van der Waals surface area contributed by atoms with Crippen molar-refractivity contribution in [1.29, 1.82) is 0 Å². The predicted molar refractivity (Wildman–Crippen MR) is 65.0 cm³/mol. The van der Waals surface area contributed by atoms with Crippen LogP contribution in [-0.2, 0) is 19.1 Å². The summed E-state index contributed by atoms with van der Waals surface area (Å²) in [6.45, 7) is 1.33. The third-order valence-corrected chi connectivity index (χ3v) is 2.95. The summed E-state index contributed by atoms with van der Waals surface area (Å²) in [7, 11) is 0. The maximum atomic E-state index is 13.7. The molecule has 0 aromatic heterocycles. The molecule has 0 bridgehead atoms. The highest BCUT2D eigenvalue weighted by molar-refractivity contribution is 6.06. The van der Waals surface area contributed by atoms with Gasteiger partial charge in [0, 0.05) is 24.6 Å². The number of carbonyl (C=O) groups excluding carboxylic acids is 3. The molecule has 0 saturated heterocycles. The van der Waals surface area contributed by atoms with Crippen molar-refractivity contribution in [3.63, 3.8) is 0 Å². The molecule has 1 aliphatic heterocycles. The molecule has 22 heavy (non-hydrogen) atoms. The van der Waals surface area contributed by atoms with E-state index in [0.29, 0.717) is 6.07 Å². The maximum Gasteiger partial charge on any atom is 0.334 e. The average Bonchev–Trinajstić information content (AvgIpc) is 2.62. The first-order valence-corrected chi connectivity index (χ1v) is 6.12. The van der Waals surface area contributed by atoms with Crippen LogP contribution in [0.1, 0.15) is 23.7 Å². The number of carbonyl (C=O) groups is 3. The number of benzene rings is 1. The first kappa shape index (κ1) is 15.7. The van der Waals surface area contributed by atoms with E-state index in [2.05, 4.69) is 0 Å². The minimum absolute atomic E-state index is 0.171. The van der Waals surface area contributed by atoms with Crippen molar-refractivity contribution in [2.24, 2.45) is 0 Å². The maximum absolute atomic E-state index is 13.7. The quantitative estimate of drug-likeness (QED) is 0.485. The summed E-state index contributed by atoms with van der Waals surface area (Å²) in [5, 5.41) is 0. The number of hydrogen-bond acceptors (Lipinski definition) is 5. The van der Waals surface area contributed by atoms with Crippen molar-refractivity contribution in [3.05, 3.63) is 47.3 Å². The second kappa shape index (κ2) is 5.63. The lowest BCUT2D eigenvalue weighted by Crippen LogP contribution is -2.46. The van der Waals surface area contributed by atoms with Gasteiger partial charge in [-0.3, -0.25) is 4.79 Å². The molecule has 8 heteroatoms. The van der Waals surface area contributed by atoms with Gasteiger partial charge in [-0.05, 0) is 6.07 Å². The second-order valence-electron chi connectivity index (χ2n) is 4.36. The molecule has 0 N–H and O–H groups in total. The minimum atomic E-state index is -2.44. The molecule has 1 aliphatic rings. The van der Waals surface area contributed by atoms with Gasteiger partial charge in [-0.1, -0.05) is 6.92 Å². The van der Waals surface area contributed by atoms with Crippen molar-refractivity contribution in [1.82, 2.24) is 0 Å². The van der Waals surface area contributed by atoms with Gasteiger partial charge in [0.2, 0.25) is 5.78 Å². The van der Waals surface area contributed by atoms with Crippen LogP contribution >= 0.6 is 0 Å². The van der Waals surface area contributed by atoms with Gasteiger partial charge in [-0.2, -0.15) is 0 Å². The normalized spacial score (nSPS) is 16.7. The molecule has 1 aromatic rings. The molecule has 2 rings (SSSR count). The molecule has 0 amide bonds. The molecule has 5 nitrogen and oxygen atoms in total. The van der Waals surface area contributed by atoms with Gasteiger partial charge in [-0.15, -0.1) is 0 Å². The third kappa shape index (κ3) is 2.72. The Morgan fingerprint density at radius 1 is 1.00 bits per heavy atom. The van der Waals surface area contributed by atoms with E-state index in [0.717, 1.165) is 12.2 Å². The van der Waals surface area contributed by atoms with E-state index in [1.54, 1.807) is 0 Å². The smallest absolute Gasteiger partial charge is 0.334 e. The molecular formula is C14H9F3O5. The van der Waals surface area contributed by atoms with E-state index in [1.165, 1.54) is 6.92 Å². The van der Waals surface area contributed by atoms with Crippen molar-refractivity contribution in [2.75, 3.05) is 0 Å². The highest BCUT2D eigenvalue weighted by Gasteiger charge is 2.47. The van der Waals surface area contributed by atoms with Crippen LogP contribution in [0.5, 0.6) is 0 Å². The van der Waals surface area contributed by atoms with E-state index in [1.807, 2.05) is 0 Å². The fourth-order valence-corrected chi connectivity index (χ4v) is 1.85. The zero-order chi connectivity index (χ0) is 16.5. The zero-order valence-electron chi connectivity index (χ0n) is 11.2. The topological polar surface area (TPSA) is 69.7 Å². The van der Waals surface area contributed by atoms with Crippen LogP contribution < -0.4 is 0 Å². The van der Waals surface area contributed by atoms with Crippen LogP contribution in [0, 0.1) is 17.5 Å². The lowest BCUT2D eigenvalue weighted by molar-refractivity contribution is -0.202. The van der Waals surface area contributed by atoms with Crippen LogP contribution in [0.25, 0.3) is 0 Å². The fraction of sp³-hybridized carbons (Fsp3) is 0.214. The van der Waals surface area contributed by atoms with Gasteiger partial charge < -0.3 is 9.47 Å². The van der Waals surface area contributed by atoms with E-state index in [9.17, 15) is 27.6 Å². The Labute approximate surface area is 122 Å². The Bertz CT molecular complexity index is 676. The SMILES string of the molecule is CCC1(C(=O)c2cc(F)c(F)cc2F)OC(=O)C=CC(=O)O1. The summed E-state index contributed by atoms with van der Waals surface area (Å²) in [5.41, 5.74) is -0.900. The van der Waals surface area contributed by atoms with Gasteiger partial charge in [-0.25, -0.2) is 22.8 Å². The Kier molecular flexibility index (Phi) is 4.03. The Morgan fingerprint density at radius 3 is 2.00 bits per heavy atom. The zero-order valence-corrected chi connectivity index (χ0v) is 11.2. The van der Waals surface area contributed by atoms with Crippen molar-refractivity contribution >= 4 is 17.7 Å². The number of cyclic esters (lactones) is 2. The molecule has 0 aliphatic carbocycles. The largest absolute Gasteiger partial charge is 0.411 e. The van der Waals surface area contributed by atoms with E-state index in [-0.39, 0.29) is 12.5 Å². The summed E-state index contributed by atoms with van der Waals surface area (Å²) >= 11 is 0. The van der Waals surface area contributed by atoms with Crippen molar-refractivity contribution in [3.8, 4) is 0 Å². The van der Waals surface area contributed by atoms with E-state index in [4.69, 9.17) is 9.47 Å². The summed E-state index contributed by atoms with van der Waals surface area (Å²) in [4.78, 5) is 35.2. The number of ether oxygens (including phenoxy) is 2. The van der Waals surface area contributed by atoms with E-state index < -0.39 is 46.5 Å². The summed E-state index contributed by atoms with van der Waals surface area (Å²) in [5.74, 6) is -10.2. The molecular weight excluding hydrogens is 305 g/mol. The molecule has 0 fully saturated rings. The number of rotatable bonds is 3. The molecule has 0 atom stereocenters. The summed E-state index contributed by atoms with van der Waals surface area (Å²) in [6, 6.07) is 0.481. The molecule has 1 heterocycles. The molecule has 116 valence electrons. The first-order valence-electron chi connectivity index (χ1n) is 6.12. The molecule has 0 radical (unpaired) electrons. The Hall–Kier alpha value is -2.64. The van der Waals surface area contributed by atoms with Gasteiger partial charge >= 0.3 is 17.7 Å². The standard InChI is InChI=1S/C14H9F3O5/c1-2-14(21-11(18)3-4-12(19)22-14)13(20)7-5-9(16)10(17)6-8(7)15/h3-6H,2H2,1H3. The number of Topliss-reactive ketones (excluding diaryl/α,β-unsaturated/α-hetero) is 1. The lowest BCUT2D eigenvalue weighted by Gasteiger charge is -2.28. The Morgan fingerprint density at radius 2 is 1.50 bits per heavy atom. The third-order valence-electron chi connectivity index (χ3n) is 2.95. The molecule has 1 aromatic carbocycles. The van der Waals surface area contributed by atoms with Gasteiger partial charge in [0.1, 0.15) is 5.82 Å². The molecule has 0 unspecified atom stereocenters. The first-order chi connectivity index (χ1) is 10.3. The highest BCUT2D eigenvalue weighted by Crippen LogP contribution is 2.28. The van der Waals surface area contributed by atoms with Crippen LogP contribution in [0.4, 0.5) is 13.2 Å². The number of esters is 2. The van der Waals surface area contributed by atoms with Crippen molar-refractivity contribution in [2.45, 2.75) is 19.1 Å². The highest BCUT2D eigenvalue weighted by atomic mass is 19.2. The minimum Gasteiger partial charge on any atom is -0.411 e. The number of ketones is 1. The van der Waals surface area contributed by atoms with Gasteiger partial charge in [0.05, 0.1) is 5.56 Å². The van der Waals surface area contributed by atoms with Crippen LogP contribution in [0.2, 0.25) is 0 Å². The number of hydrogen-bond donors (Lipinski definition) is 0. The van der Waals surface area contributed by atoms with Gasteiger partial charge in [0.15, 0.2) is 11.6 Å². The van der Waals surface area contributed by atoms with Crippen LogP contribution in [0.15, 0.2) is 24.3 Å². The lowest BCUT2D eigenvalue weighted by atomic mass is 10.00. The fourth-order valence-electron chi connectivity index (χ4n) is 1.85. The second-order valence-corrected chi connectivity index (χ2v) is 4.36. The molecule has 0 spiro atoms.